The van der Waals surface area contributed by atoms with Crippen LogP contribution >= 0.6 is 11.6 Å². The smallest absolute Gasteiger partial charge is 0.251 e. The van der Waals surface area contributed by atoms with Crippen LogP contribution in [0.3, 0.4) is 0 Å². The number of rotatable bonds is 6. The Hall–Kier alpha value is -3.56. The molecule has 0 amide bonds. The minimum Gasteiger partial charge on any atom is -0.394 e. The number of halogens is 2. The number of aromatic amines is 1. The molecule has 0 saturated carbocycles. The van der Waals surface area contributed by atoms with Crippen molar-refractivity contribution in [3.63, 3.8) is 0 Å². The van der Waals surface area contributed by atoms with Crippen LogP contribution in [0, 0.1) is 12.7 Å². The van der Waals surface area contributed by atoms with Crippen molar-refractivity contribution in [2.75, 3.05) is 11.9 Å². The summed E-state index contributed by atoms with van der Waals surface area (Å²) in [6, 6.07) is 8.21. The number of aromatic nitrogens is 5. The Morgan fingerprint density at radius 3 is 2.77 bits per heavy atom. The maximum atomic E-state index is 13.8. The quantitative estimate of drug-likeness (QED) is 0.423. The van der Waals surface area contributed by atoms with Crippen LogP contribution in [0.5, 0.6) is 0 Å². The van der Waals surface area contributed by atoms with E-state index >= 15 is 0 Å². The molecular weight excluding hydrogens is 423 g/mol. The number of hydrogen-bond donors (Lipinski definition) is 3. The largest absolute Gasteiger partial charge is 0.394 e. The number of aryl methyl sites for hydroxylation is 1. The van der Waals surface area contributed by atoms with Gasteiger partial charge in [-0.1, -0.05) is 17.7 Å². The van der Waals surface area contributed by atoms with Crippen LogP contribution in [-0.4, -0.2) is 36.2 Å². The van der Waals surface area contributed by atoms with Gasteiger partial charge in [-0.05, 0) is 36.8 Å². The van der Waals surface area contributed by atoms with Crippen molar-refractivity contribution in [1.82, 2.24) is 24.5 Å². The first-order chi connectivity index (χ1) is 15.0. The van der Waals surface area contributed by atoms with E-state index in [-0.39, 0.29) is 17.2 Å². The van der Waals surface area contributed by atoms with E-state index in [9.17, 15) is 14.3 Å². The van der Waals surface area contributed by atoms with Crippen LogP contribution in [-0.2, 0) is 0 Å². The molecule has 31 heavy (non-hydrogen) atoms. The van der Waals surface area contributed by atoms with Gasteiger partial charge >= 0.3 is 0 Å². The average Bonchev–Trinajstić information content (AvgIpc) is 3.16. The Bertz CT molecular complexity index is 1290. The summed E-state index contributed by atoms with van der Waals surface area (Å²) in [5.41, 5.74) is 2.01. The molecule has 10 heteroatoms. The summed E-state index contributed by atoms with van der Waals surface area (Å²) in [7, 11) is 0. The third kappa shape index (κ3) is 4.32. The standard InChI is InChI=1S/C21H18ClFN6O2/c1-12-20(26-11-25-12)28-21-24-6-4-17(27-21)13-5-7-29(19(31)9-13)18(10-30)14-2-3-15(22)16(23)8-14/h2-9,11,18,30H,10H2,1H3,(H,25,26)(H,24,27,28). The average molecular weight is 441 g/mol. The summed E-state index contributed by atoms with van der Waals surface area (Å²) in [5, 5.41) is 12.8. The van der Waals surface area contributed by atoms with Gasteiger partial charge in [0.05, 0.1) is 35.4 Å². The lowest BCUT2D eigenvalue weighted by molar-refractivity contribution is 0.247. The molecule has 8 nitrogen and oxygen atoms in total. The number of nitrogens with one attached hydrogen (secondary N) is 2. The summed E-state index contributed by atoms with van der Waals surface area (Å²) in [6.45, 7) is 1.48. The van der Waals surface area contributed by atoms with E-state index in [1.807, 2.05) is 6.92 Å². The highest BCUT2D eigenvalue weighted by atomic mass is 35.5. The van der Waals surface area contributed by atoms with Gasteiger partial charge in [0, 0.05) is 24.0 Å². The molecule has 3 aromatic heterocycles. The highest BCUT2D eigenvalue weighted by molar-refractivity contribution is 6.30. The molecule has 1 atom stereocenters. The summed E-state index contributed by atoms with van der Waals surface area (Å²) < 4.78 is 15.2. The first kappa shape index (κ1) is 20.7. The molecule has 0 saturated heterocycles. The maximum absolute atomic E-state index is 13.8. The normalized spacial score (nSPS) is 12.0. The van der Waals surface area contributed by atoms with Crippen LogP contribution in [0.15, 0.2) is 59.9 Å². The third-order valence-electron chi connectivity index (χ3n) is 4.80. The Kier molecular flexibility index (Phi) is 5.79. The molecule has 3 heterocycles. The van der Waals surface area contributed by atoms with E-state index in [0.29, 0.717) is 28.6 Å². The molecule has 0 aliphatic heterocycles. The van der Waals surface area contributed by atoms with Crippen molar-refractivity contribution < 1.29 is 9.50 Å². The monoisotopic (exact) mass is 440 g/mol. The number of pyridine rings is 1. The van der Waals surface area contributed by atoms with Gasteiger partial charge in [-0.2, -0.15) is 0 Å². The molecule has 0 fully saturated rings. The first-order valence-electron chi connectivity index (χ1n) is 9.34. The molecule has 0 bridgehead atoms. The number of hydrogen-bond acceptors (Lipinski definition) is 6. The van der Waals surface area contributed by atoms with Gasteiger partial charge in [0.15, 0.2) is 5.82 Å². The molecule has 158 valence electrons. The lowest BCUT2D eigenvalue weighted by Gasteiger charge is -2.18. The molecule has 0 spiro atoms. The van der Waals surface area contributed by atoms with E-state index in [4.69, 9.17) is 11.6 Å². The molecule has 1 aromatic carbocycles. The number of imidazole rings is 1. The first-order valence-corrected chi connectivity index (χ1v) is 9.72. The van der Waals surface area contributed by atoms with E-state index in [1.54, 1.807) is 30.7 Å². The van der Waals surface area contributed by atoms with Crippen LogP contribution < -0.4 is 10.9 Å². The van der Waals surface area contributed by atoms with Crippen molar-refractivity contribution >= 4 is 23.4 Å². The topological polar surface area (TPSA) is 109 Å². The van der Waals surface area contributed by atoms with Gasteiger partial charge in [0.1, 0.15) is 5.82 Å². The Morgan fingerprint density at radius 2 is 2.10 bits per heavy atom. The minimum atomic E-state index is -0.751. The SMILES string of the molecule is Cc1[nH]cnc1Nc1nccc(-c2ccn(C(CO)c3ccc(Cl)c(F)c3)c(=O)c2)n1. The van der Waals surface area contributed by atoms with E-state index in [0.717, 1.165) is 5.69 Å². The van der Waals surface area contributed by atoms with Crippen LogP contribution in [0.25, 0.3) is 11.3 Å². The zero-order valence-electron chi connectivity index (χ0n) is 16.4. The Balaban J connectivity index is 1.64. The lowest BCUT2D eigenvalue weighted by atomic mass is 10.1. The molecule has 1 unspecified atom stereocenters. The summed E-state index contributed by atoms with van der Waals surface area (Å²) in [5.74, 6) is 0.325. The number of H-pyrrole nitrogens is 1. The van der Waals surface area contributed by atoms with Crippen molar-refractivity contribution in [3.05, 3.63) is 87.6 Å². The molecule has 0 aliphatic carbocycles. The minimum absolute atomic E-state index is 0.0265. The van der Waals surface area contributed by atoms with Crippen LogP contribution in [0.1, 0.15) is 17.3 Å². The number of aliphatic hydroxyl groups excluding tert-OH is 1. The van der Waals surface area contributed by atoms with Crippen LogP contribution in [0.4, 0.5) is 16.2 Å². The van der Waals surface area contributed by atoms with Crippen LogP contribution in [0.2, 0.25) is 5.02 Å². The summed E-state index contributed by atoms with van der Waals surface area (Å²) in [4.78, 5) is 28.5. The number of nitrogens with zero attached hydrogens (tertiary/aromatic N) is 4. The van der Waals surface area contributed by atoms with Crippen molar-refractivity contribution in [3.8, 4) is 11.3 Å². The van der Waals surface area contributed by atoms with Gasteiger partial charge in [-0.15, -0.1) is 0 Å². The second-order valence-electron chi connectivity index (χ2n) is 6.80. The molecular formula is C21H18ClFN6O2. The van der Waals surface area contributed by atoms with Gasteiger partial charge in [0.25, 0.3) is 5.56 Å². The lowest BCUT2D eigenvalue weighted by Crippen LogP contribution is -2.27. The van der Waals surface area contributed by atoms with Crippen molar-refractivity contribution in [2.24, 2.45) is 0 Å². The molecule has 0 radical (unpaired) electrons. The summed E-state index contributed by atoms with van der Waals surface area (Å²) in [6.07, 6.45) is 4.68. The van der Waals surface area contributed by atoms with Crippen molar-refractivity contribution in [2.45, 2.75) is 13.0 Å². The zero-order chi connectivity index (χ0) is 22.0. The van der Waals surface area contributed by atoms with Crippen molar-refractivity contribution in [1.29, 1.82) is 0 Å². The Labute approximate surface area is 181 Å². The summed E-state index contributed by atoms with van der Waals surface area (Å²) >= 11 is 5.73. The number of benzene rings is 1. The highest BCUT2D eigenvalue weighted by Crippen LogP contribution is 2.23. The number of aliphatic hydroxyl groups is 1. The molecule has 0 aliphatic rings. The second-order valence-corrected chi connectivity index (χ2v) is 7.21. The maximum Gasteiger partial charge on any atom is 0.251 e. The highest BCUT2D eigenvalue weighted by Gasteiger charge is 2.16. The fourth-order valence-electron chi connectivity index (χ4n) is 3.15. The fraction of sp³-hybridized carbons (Fsp3) is 0.143. The predicted molar refractivity (Wildman–Crippen MR) is 115 cm³/mol. The Morgan fingerprint density at radius 1 is 1.26 bits per heavy atom. The van der Waals surface area contributed by atoms with E-state index < -0.39 is 11.9 Å². The third-order valence-corrected chi connectivity index (χ3v) is 5.10. The molecule has 4 aromatic rings. The predicted octanol–water partition coefficient (Wildman–Crippen LogP) is 3.45. The molecule has 3 N–H and O–H groups in total. The van der Waals surface area contributed by atoms with Gasteiger partial charge < -0.3 is 20.0 Å². The van der Waals surface area contributed by atoms with E-state index in [1.165, 1.54) is 29.0 Å². The number of anilines is 2. The zero-order valence-corrected chi connectivity index (χ0v) is 17.1. The fourth-order valence-corrected chi connectivity index (χ4v) is 3.27. The van der Waals surface area contributed by atoms with Gasteiger partial charge in [-0.25, -0.2) is 19.3 Å². The molecule has 4 rings (SSSR count). The second kappa shape index (κ2) is 8.66. The van der Waals surface area contributed by atoms with Gasteiger partial charge in [-0.3, -0.25) is 4.79 Å². The van der Waals surface area contributed by atoms with Gasteiger partial charge in [0.2, 0.25) is 5.95 Å². The van der Waals surface area contributed by atoms with E-state index in [2.05, 4.69) is 25.3 Å².